The van der Waals surface area contributed by atoms with Crippen molar-refractivity contribution in [2.75, 3.05) is 13.2 Å². The smallest absolute Gasteiger partial charge is 0.344 e. The Kier molecular flexibility index (Phi) is 5.85. The Labute approximate surface area is 122 Å². The lowest BCUT2D eigenvalue weighted by Crippen LogP contribution is -2.19. The van der Waals surface area contributed by atoms with Gasteiger partial charge in [0.2, 0.25) is 0 Å². The first-order valence-electron chi connectivity index (χ1n) is 5.78. The van der Waals surface area contributed by atoms with E-state index < -0.39 is 59.5 Å². The maximum absolute atomic E-state index is 14.0. The number of benzene rings is 1. The normalized spacial score (nSPS) is 10.0. The minimum Gasteiger partial charge on any atom is -0.458 e. The van der Waals surface area contributed by atoms with E-state index in [9.17, 15) is 27.2 Å². The van der Waals surface area contributed by atoms with Crippen molar-refractivity contribution in [3.63, 3.8) is 0 Å². The van der Waals surface area contributed by atoms with Gasteiger partial charge in [0.1, 0.15) is 24.3 Å². The number of ether oxygens (including phenoxy) is 2. The van der Waals surface area contributed by atoms with Gasteiger partial charge >= 0.3 is 11.9 Å². The number of hydrogen-bond donors (Lipinski definition) is 0. The first-order valence-corrected chi connectivity index (χ1v) is 5.78. The van der Waals surface area contributed by atoms with Gasteiger partial charge < -0.3 is 9.47 Å². The van der Waals surface area contributed by atoms with Gasteiger partial charge in [-0.1, -0.05) is 25.3 Å². The second-order valence-electron chi connectivity index (χ2n) is 3.78. The number of halogens is 4. The zero-order valence-corrected chi connectivity index (χ0v) is 11.1. The molecule has 0 fully saturated rings. The zero-order chi connectivity index (χ0) is 16.9. The number of carbonyl (C=O) groups excluding carboxylic acids is 2. The van der Waals surface area contributed by atoms with Gasteiger partial charge in [-0.25, -0.2) is 27.2 Å². The highest BCUT2D eigenvalue weighted by molar-refractivity contribution is 5.96. The minimum absolute atomic E-state index is 0.424. The van der Waals surface area contributed by atoms with E-state index in [2.05, 4.69) is 22.6 Å². The standard InChI is InChI=1S/C14H10F4O4/c1-3-5-21-13(19)7-9(15)8(14(20)22-6-4-2)11(17)12(18)10(7)16/h3-4H,1-2,5-6H2. The summed E-state index contributed by atoms with van der Waals surface area (Å²) in [4.78, 5) is 23.0. The highest BCUT2D eigenvalue weighted by atomic mass is 19.2. The summed E-state index contributed by atoms with van der Waals surface area (Å²) in [6, 6.07) is 0. The second kappa shape index (κ2) is 7.39. The van der Waals surface area contributed by atoms with Gasteiger partial charge in [-0.05, 0) is 0 Å². The Morgan fingerprint density at radius 1 is 0.773 bits per heavy atom. The van der Waals surface area contributed by atoms with E-state index >= 15 is 0 Å². The predicted octanol–water partition coefficient (Wildman–Crippen LogP) is 2.93. The van der Waals surface area contributed by atoms with Gasteiger partial charge in [-0.15, -0.1) is 0 Å². The highest BCUT2D eigenvalue weighted by Gasteiger charge is 2.33. The van der Waals surface area contributed by atoms with Gasteiger partial charge in [0.15, 0.2) is 23.3 Å². The lowest BCUT2D eigenvalue weighted by molar-refractivity contribution is 0.0526. The average molecular weight is 318 g/mol. The summed E-state index contributed by atoms with van der Waals surface area (Å²) in [5.74, 6) is -11.6. The van der Waals surface area contributed by atoms with Gasteiger partial charge in [-0.3, -0.25) is 0 Å². The third-order valence-corrected chi connectivity index (χ3v) is 2.34. The van der Waals surface area contributed by atoms with E-state index in [1.165, 1.54) is 0 Å². The summed E-state index contributed by atoms with van der Waals surface area (Å²) in [5, 5.41) is 0. The summed E-state index contributed by atoms with van der Waals surface area (Å²) in [5.41, 5.74) is -3.07. The van der Waals surface area contributed by atoms with Crippen LogP contribution in [0, 0.1) is 23.3 Å². The van der Waals surface area contributed by atoms with Gasteiger partial charge in [0.05, 0.1) is 0 Å². The van der Waals surface area contributed by atoms with E-state index in [1.54, 1.807) is 0 Å². The first kappa shape index (κ1) is 17.4. The molecule has 0 amide bonds. The number of esters is 2. The fourth-order valence-corrected chi connectivity index (χ4v) is 1.41. The zero-order valence-electron chi connectivity index (χ0n) is 11.1. The van der Waals surface area contributed by atoms with Gasteiger partial charge in [0.25, 0.3) is 0 Å². The molecule has 0 aliphatic heterocycles. The van der Waals surface area contributed by atoms with Crippen molar-refractivity contribution in [1.29, 1.82) is 0 Å². The lowest BCUT2D eigenvalue weighted by Gasteiger charge is -2.11. The Balaban J connectivity index is 3.43. The summed E-state index contributed by atoms with van der Waals surface area (Å²) >= 11 is 0. The predicted molar refractivity (Wildman–Crippen MR) is 67.2 cm³/mol. The van der Waals surface area contributed by atoms with Crippen LogP contribution in [0.5, 0.6) is 0 Å². The molecule has 4 nitrogen and oxygen atoms in total. The van der Waals surface area contributed by atoms with E-state index in [1.807, 2.05) is 0 Å². The Morgan fingerprint density at radius 2 is 1.14 bits per heavy atom. The van der Waals surface area contributed by atoms with Crippen LogP contribution in [0.25, 0.3) is 0 Å². The van der Waals surface area contributed by atoms with Crippen LogP contribution in [0.3, 0.4) is 0 Å². The largest absolute Gasteiger partial charge is 0.458 e. The topological polar surface area (TPSA) is 52.6 Å². The van der Waals surface area contributed by atoms with Gasteiger partial charge in [-0.2, -0.15) is 0 Å². The maximum Gasteiger partial charge on any atom is 0.344 e. The SMILES string of the molecule is C=CCOC(=O)c1c(F)c(F)c(F)c(C(=O)OCC=C)c1F. The Hall–Kier alpha value is -2.64. The van der Waals surface area contributed by atoms with Crippen molar-refractivity contribution in [3.8, 4) is 0 Å². The Bertz CT molecular complexity index is 589. The van der Waals surface area contributed by atoms with Crippen molar-refractivity contribution >= 4 is 11.9 Å². The van der Waals surface area contributed by atoms with Crippen molar-refractivity contribution in [2.45, 2.75) is 0 Å². The summed E-state index contributed by atoms with van der Waals surface area (Å²) in [6.07, 6.45) is 2.18. The molecule has 0 atom stereocenters. The van der Waals surface area contributed by atoms with Crippen LogP contribution in [-0.4, -0.2) is 25.2 Å². The molecular formula is C14H10F4O4. The van der Waals surface area contributed by atoms with Crippen LogP contribution in [0.2, 0.25) is 0 Å². The molecule has 118 valence electrons. The van der Waals surface area contributed by atoms with E-state index in [-0.39, 0.29) is 0 Å². The van der Waals surface area contributed by atoms with Crippen LogP contribution in [-0.2, 0) is 9.47 Å². The van der Waals surface area contributed by atoms with Crippen LogP contribution < -0.4 is 0 Å². The number of carbonyl (C=O) groups is 2. The van der Waals surface area contributed by atoms with E-state index in [0.717, 1.165) is 12.2 Å². The number of rotatable bonds is 6. The quantitative estimate of drug-likeness (QED) is 0.266. The molecule has 8 heteroatoms. The molecule has 0 bridgehead atoms. The van der Waals surface area contributed by atoms with E-state index in [0.29, 0.717) is 0 Å². The molecule has 0 saturated carbocycles. The highest BCUT2D eigenvalue weighted by Crippen LogP contribution is 2.25. The molecule has 0 heterocycles. The maximum atomic E-state index is 14.0. The Morgan fingerprint density at radius 3 is 1.45 bits per heavy atom. The average Bonchev–Trinajstić information content (AvgIpc) is 2.48. The molecule has 0 N–H and O–H groups in total. The van der Waals surface area contributed by atoms with Crippen LogP contribution >= 0.6 is 0 Å². The third kappa shape index (κ3) is 3.33. The van der Waals surface area contributed by atoms with Crippen molar-refractivity contribution in [1.82, 2.24) is 0 Å². The fraction of sp³-hybridized carbons (Fsp3) is 0.143. The molecule has 1 rings (SSSR count). The molecule has 22 heavy (non-hydrogen) atoms. The van der Waals surface area contributed by atoms with Crippen molar-refractivity contribution < 1.29 is 36.6 Å². The van der Waals surface area contributed by atoms with Crippen LogP contribution in [0.4, 0.5) is 17.6 Å². The van der Waals surface area contributed by atoms with Crippen LogP contribution in [0.1, 0.15) is 20.7 Å². The molecule has 0 aliphatic rings. The molecule has 1 aromatic carbocycles. The molecule has 0 unspecified atom stereocenters. The minimum atomic E-state index is -2.20. The van der Waals surface area contributed by atoms with Gasteiger partial charge in [0, 0.05) is 0 Å². The van der Waals surface area contributed by atoms with Crippen molar-refractivity contribution in [2.24, 2.45) is 0 Å². The molecule has 0 aromatic heterocycles. The lowest BCUT2D eigenvalue weighted by atomic mass is 10.1. The third-order valence-electron chi connectivity index (χ3n) is 2.34. The summed E-state index contributed by atoms with van der Waals surface area (Å²) < 4.78 is 63.3. The summed E-state index contributed by atoms with van der Waals surface area (Å²) in [7, 11) is 0. The second-order valence-corrected chi connectivity index (χ2v) is 3.78. The fourth-order valence-electron chi connectivity index (χ4n) is 1.41. The molecule has 0 aliphatic carbocycles. The molecule has 0 radical (unpaired) electrons. The summed E-state index contributed by atoms with van der Waals surface area (Å²) in [6.45, 7) is 5.55. The van der Waals surface area contributed by atoms with Crippen molar-refractivity contribution in [3.05, 3.63) is 59.7 Å². The van der Waals surface area contributed by atoms with Crippen LogP contribution in [0.15, 0.2) is 25.3 Å². The number of hydrogen-bond acceptors (Lipinski definition) is 4. The first-order chi connectivity index (χ1) is 10.4. The monoisotopic (exact) mass is 318 g/mol. The molecule has 0 saturated heterocycles. The molecular weight excluding hydrogens is 308 g/mol. The molecule has 0 spiro atoms. The molecule has 1 aromatic rings. The van der Waals surface area contributed by atoms with E-state index in [4.69, 9.17) is 0 Å².